The van der Waals surface area contributed by atoms with Crippen molar-refractivity contribution in [1.82, 2.24) is 0 Å². The van der Waals surface area contributed by atoms with Crippen molar-refractivity contribution in [2.45, 2.75) is 135 Å². The Morgan fingerprint density at radius 3 is 1.49 bits per heavy atom. The molecule has 0 nitrogen and oxygen atoms in total. The van der Waals surface area contributed by atoms with E-state index in [9.17, 15) is 0 Å². The van der Waals surface area contributed by atoms with E-state index in [4.69, 9.17) is 0 Å². The average molecular weight is 497 g/mol. The number of hydrogen-bond donors (Lipinski definition) is 0. The third-order valence-corrected chi connectivity index (χ3v) is 12.8. The Morgan fingerprint density at radius 1 is 0.514 bits per heavy atom. The smallest absolute Gasteiger partial charge is 0.00242 e. The van der Waals surface area contributed by atoms with Gasteiger partial charge >= 0.3 is 0 Å². The molecule has 0 amide bonds. The highest BCUT2D eigenvalue weighted by atomic mass is 14.6. The van der Waals surface area contributed by atoms with Crippen molar-refractivity contribution in [2.24, 2.45) is 34.5 Å². The fourth-order valence-corrected chi connectivity index (χ4v) is 11.1. The minimum absolute atomic E-state index is 0.429. The monoisotopic (exact) mass is 496 g/mol. The van der Waals surface area contributed by atoms with Crippen LogP contribution in [-0.4, -0.2) is 0 Å². The predicted octanol–water partition coefficient (Wildman–Crippen LogP) is 11.2. The van der Waals surface area contributed by atoms with Crippen LogP contribution in [0.15, 0.2) is 35.9 Å². The van der Waals surface area contributed by atoms with E-state index in [1.807, 2.05) is 5.57 Å². The van der Waals surface area contributed by atoms with E-state index >= 15 is 0 Å². The molecular formula is C37H52. The SMILES string of the molecule is C1=C2C(=Cc3ccccc32)C(C2CCCCC2)(C2CCCCC2)CC1(C1CCCCC1)C1CCCCC1. The molecule has 0 heterocycles. The molecule has 7 rings (SSSR count). The maximum Gasteiger partial charge on any atom is 0.00242 e. The van der Waals surface area contributed by atoms with Crippen LogP contribution in [0, 0.1) is 34.5 Å². The molecule has 0 atom stereocenters. The summed E-state index contributed by atoms with van der Waals surface area (Å²) in [5.74, 6) is 3.69. The maximum atomic E-state index is 3.01. The van der Waals surface area contributed by atoms with Crippen LogP contribution in [0.1, 0.15) is 146 Å². The molecule has 0 heteroatoms. The summed E-state index contributed by atoms with van der Waals surface area (Å²) in [5.41, 5.74) is 7.61. The van der Waals surface area contributed by atoms with Gasteiger partial charge in [0.15, 0.2) is 0 Å². The van der Waals surface area contributed by atoms with Crippen LogP contribution in [0.4, 0.5) is 0 Å². The van der Waals surface area contributed by atoms with E-state index in [0.29, 0.717) is 10.8 Å². The number of rotatable bonds is 4. The zero-order valence-electron chi connectivity index (χ0n) is 23.6. The molecule has 0 aromatic heterocycles. The van der Waals surface area contributed by atoms with E-state index < -0.39 is 0 Å². The van der Waals surface area contributed by atoms with Gasteiger partial charge in [0.2, 0.25) is 0 Å². The van der Waals surface area contributed by atoms with Crippen molar-refractivity contribution < 1.29 is 0 Å². The number of fused-ring (bicyclic) bond motifs is 3. The third kappa shape index (κ3) is 4.14. The highest BCUT2D eigenvalue weighted by Crippen LogP contribution is 2.70. The van der Waals surface area contributed by atoms with Gasteiger partial charge in [-0.2, -0.15) is 0 Å². The van der Waals surface area contributed by atoms with Gasteiger partial charge in [0.05, 0.1) is 0 Å². The lowest BCUT2D eigenvalue weighted by molar-refractivity contribution is -0.0395. The lowest BCUT2D eigenvalue weighted by atomic mass is 9.43. The van der Waals surface area contributed by atoms with E-state index in [-0.39, 0.29) is 0 Å². The Labute approximate surface area is 227 Å². The third-order valence-electron chi connectivity index (χ3n) is 12.8. The normalized spacial score (nSPS) is 29.3. The molecule has 0 unspecified atom stereocenters. The van der Waals surface area contributed by atoms with Crippen LogP contribution in [-0.2, 0) is 0 Å². The van der Waals surface area contributed by atoms with E-state index in [1.165, 1.54) is 135 Å². The molecular weight excluding hydrogens is 444 g/mol. The van der Waals surface area contributed by atoms with Gasteiger partial charge in [-0.15, -0.1) is 0 Å². The summed E-state index contributed by atoms with van der Waals surface area (Å²) in [5, 5.41) is 0. The van der Waals surface area contributed by atoms with Crippen molar-refractivity contribution in [3.8, 4) is 0 Å². The van der Waals surface area contributed by atoms with Crippen LogP contribution in [0.3, 0.4) is 0 Å². The van der Waals surface area contributed by atoms with Crippen molar-refractivity contribution >= 4 is 11.6 Å². The summed E-state index contributed by atoms with van der Waals surface area (Å²) < 4.78 is 0. The molecule has 0 N–H and O–H groups in total. The Balaban J connectivity index is 1.45. The molecule has 6 aliphatic rings. The second kappa shape index (κ2) is 10.4. The molecule has 1 aromatic rings. The number of allylic oxidation sites excluding steroid dienone is 3. The predicted molar refractivity (Wildman–Crippen MR) is 158 cm³/mol. The summed E-state index contributed by atoms with van der Waals surface area (Å²) in [6, 6.07) is 9.56. The van der Waals surface area contributed by atoms with Crippen LogP contribution >= 0.6 is 0 Å². The number of benzene rings is 1. The highest BCUT2D eigenvalue weighted by Gasteiger charge is 2.59. The molecule has 0 bridgehead atoms. The molecule has 0 spiro atoms. The van der Waals surface area contributed by atoms with Gasteiger partial charge in [-0.05, 0) is 115 Å². The largest absolute Gasteiger partial charge is 0.0695 e. The van der Waals surface area contributed by atoms with Crippen LogP contribution in [0.2, 0.25) is 0 Å². The van der Waals surface area contributed by atoms with Crippen molar-refractivity contribution in [3.63, 3.8) is 0 Å². The maximum absolute atomic E-state index is 3.01. The van der Waals surface area contributed by atoms with Gasteiger partial charge in [-0.25, -0.2) is 0 Å². The van der Waals surface area contributed by atoms with Gasteiger partial charge in [-0.3, -0.25) is 0 Å². The fraction of sp³-hybridized carbons (Fsp3) is 0.730. The quantitative estimate of drug-likeness (QED) is 0.389. The minimum Gasteiger partial charge on any atom is -0.0695 e. The average Bonchev–Trinajstić information content (AvgIpc) is 3.37. The zero-order valence-corrected chi connectivity index (χ0v) is 23.6. The van der Waals surface area contributed by atoms with Crippen molar-refractivity contribution in [1.29, 1.82) is 0 Å². The van der Waals surface area contributed by atoms with Crippen LogP contribution in [0.5, 0.6) is 0 Å². The molecule has 1 aromatic carbocycles. The highest BCUT2D eigenvalue weighted by molar-refractivity contribution is 5.97. The van der Waals surface area contributed by atoms with Gasteiger partial charge in [0.1, 0.15) is 0 Å². The first-order chi connectivity index (χ1) is 18.3. The molecule has 200 valence electrons. The zero-order chi connectivity index (χ0) is 24.7. The molecule has 0 aliphatic heterocycles. The summed E-state index contributed by atoms with van der Waals surface area (Å²) in [6.07, 6.45) is 37.1. The van der Waals surface area contributed by atoms with Gasteiger partial charge in [0.25, 0.3) is 0 Å². The molecule has 4 saturated carbocycles. The standard InChI is InChI=1S/C37H52/c1-5-16-29(17-6-1)36(30-18-7-2-8-19-30)26-34-33-24-14-13-15-28(33)25-35(34)37(27-36,31-20-9-3-10-21-31)32-22-11-4-12-23-32/h13-15,24-26,29-32H,1-12,16-23,27H2. The summed E-state index contributed by atoms with van der Waals surface area (Å²) in [6.45, 7) is 0. The first-order valence-electron chi connectivity index (χ1n) is 16.9. The van der Waals surface area contributed by atoms with Crippen molar-refractivity contribution in [2.75, 3.05) is 0 Å². The van der Waals surface area contributed by atoms with Gasteiger partial charge in [0, 0.05) is 5.41 Å². The van der Waals surface area contributed by atoms with Crippen LogP contribution in [0.25, 0.3) is 11.6 Å². The van der Waals surface area contributed by atoms with E-state index in [0.717, 1.165) is 23.7 Å². The molecule has 0 radical (unpaired) electrons. The minimum atomic E-state index is 0.429. The molecule has 37 heavy (non-hydrogen) atoms. The van der Waals surface area contributed by atoms with Crippen LogP contribution < -0.4 is 0 Å². The summed E-state index contributed by atoms with van der Waals surface area (Å²) >= 11 is 0. The summed E-state index contributed by atoms with van der Waals surface area (Å²) in [7, 11) is 0. The van der Waals surface area contributed by atoms with Gasteiger partial charge in [-0.1, -0.05) is 107 Å². The Bertz CT molecular complexity index is 962. The number of hydrogen-bond acceptors (Lipinski definition) is 0. The Morgan fingerprint density at radius 2 is 0.973 bits per heavy atom. The molecule has 0 saturated heterocycles. The Kier molecular flexibility index (Phi) is 6.92. The topological polar surface area (TPSA) is 0 Å². The molecule has 4 fully saturated rings. The second-order valence-electron chi connectivity index (χ2n) is 14.4. The van der Waals surface area contributed by atoms with E-state index in [2.05, 4.69) is 36.4 Å². The second-order valence-corrected chi connectivity index (χ2v) is 14.4. The lowest BCUT2D eigenvalue weighted by Crippen LogP contribution is -2.52. The van der Waals surface area contributed by atoms with Crippen molar-refractivity contribution in [3.05, 3.63) is 47.0 Å². The molecule has 6 aliphatic carbocycles. The van der Waals surface area contributed by atoms with E-state index in [1.54, 1.807) is 16.7 Å². The fourth-order valence-electron chi connectivity index (χ4n) is 11.1. The lowest BCUT2D eigenvalue weighted by Gasteiger charge is -2.61. The summed E-state index contributed by atoms with van der Waals surface area (Å²) in [4.78, 5) is 0. The Hall–Kier alpha value is -1.30. The first kappa shape index (κ1) is 24.7. The van der Waals surface area contributed by atoms with Gasteiger partial charge < -0.3 is 0 Å². The first-order valence-corrected chi connectivity index (χ1v) is 16.9.